The van der Waals surface area contributed by atoms with E-state index in [1.807, 2.05) is 17.9 Å². The number of amides is 1. The van der Waals surface area contributed by atoms with Gasteiger partial charge in [0.1, 0.15) is 5.75 Å². The summed E-state index contributed by atoms with van der Waals surface area (Å²) < 4.78 is 5.45. The summed E-state index contributed by atoms with van der Waals surface area (Å²) in [6.45, 7) is 7.67. The van der Waals surface area contributed by atoms with Gasteiger partial charge >= 0.3 is 0 Å². The summed E-state index contributed by atoms with van der Waals surface area (Å²) in [6.07, 6.45) is 2.77. The normalized spacial score (nSPS) is 16.4. The van der Waals surface area contributed by atoms with Crippen LogP contribution < -0.4 is 10.1 Å². The molecule has 1 atom stereocenters. The minimum absolute atomic E-state index is 0.0630. The van der Waals surface area contributed by atoms with E-state index in [0.29, 0.717) is 0 Å². The van der Waals surface area contributed by atoms with E-state index in [2.05, 4.69) is 24.4 Å². The molecule has 0 aromatic heterocycles. The first-order chi connectivity index (χ1) is 10.7. The van der Waals surface area contributed by atoms with Gasteiger partial charge in [0.15, 0.2) is 0 Å². The lowest BCUT2D eigenvalue weighted by Gasteiger charge is -2.29. The van der Waals surface area contributed by atoms with E-state index in [4.69, 9.17) is 4.74 Å². The predicted octanol–water partition coefficient (Wildman–Crippen LogP) is 2.26. The highest BCUT2D eigenvalue weighted by Crippen LogP contribution is 2.23. The monoisotopic (exact) mass is 304 g/mol. The number of hydrogen-bond donors (Lipinski definition) is 1. The van der Waals surface area contributed by atoms with Crippen molar-refractivity contribution in [2.75, 3.05) is 33.3 Å². The number of carbonyl (C=O) groups is 1. The molecule has 4 nitrogen and oxygen atoms in total. The van der Waals surface area contributed by atoms with Crippen molar-refractivity contribution in [2.45, 2.75) is 33.1 Å². The van der Waals surface area contributed by atoms with Gasteiger partial charge < -0.3 is 15.0 Å². The van der Waals surface area contributed by atoms with Crippen molar-refractivity contribution in [2.24, 2.45) is 5.92 Å². The van der Waals surface area contributed by atoms with Gasteiger partial charge in [0.25, 0.3) is 0 Å². The minimum Gasteiger partial charge on any atom is -0.496 e. The third-order valence-electron chi connectivity index (χ3n) is 4.45. The minimum atomic E-state index is 0.0630. The average molecular weight is 304 g/mol. The SMILES string of the molecule is CCc1ccc(OC)c(CCC(C)C(=O)N2CCNCC2)c1. The van der Waals surface area contributed by atoms with Gasteiger partial charge in [-0.15, -0.1) is 0 Å². The van der Waals surface area contributed by atoms with Gasteiger partial charge in [-0.05, 0) is 36.5 Å². The smallest absolute Gasteiger partial charge is 0.225 e. The summed E-state index contributed by atoms with van der Waals surface area (Å²) in [5.41, 5.74) is 2.53. The zero-order valence-electron chi connectivity index (χ0n) is 14.0. The first kappa shape index (κ1) is 16.8. The Balaban J connectivity index is 1.95. The van der Waals surface area contributed by atoms with Crippen LogP contribution in [0.5, 0.6) is 5.75 Å². The summed E-state index contributed by atoms with van der Waals surface area (Å²) in [7, 11) is 1.71. The molecule has 4 heteroatoms. The zero-order valence-corrected chi connectivity index (χ0v) is 14.0. The van der Waals surface area contributed by atoms with Crippen molar-refractivity contribution >= 4 is 5.91 Å². The molecule has 1 aliphatic heterocycles. The Morgan fingerprint density at radius 3 is 2.73 bits per heavy atom. The number of methoxy groups -OCH3 is 1. The molecule has 122 valence electrons. The topological polar surface area (TPSA) is 41.6 Å². The third kappa shape index (κ3) is 4.23. The van der Waals surface area contributed by atoms with Gasteiger partial charge in [-0.3, -0.25) is 4.79 Å². The number of nitrogens with one attached hydrogen (secondary N) is 1. The van der Waals surface area contributed by atoms with Crippen LogP contribution in [0.1, 0.15) is 31.4 Å². The van der Waals surface area contributed by atoms with E-state index in [-0.39, 0.29) is 11.8 Å². The summed E-state index contributed by atoms with van der Waals surface area (Å²) in [5, 5.41) is 3.28. The molecule has 0 bridgehead atoms. The number of rotatable bonds is 6. The molecule has 0 aliphatic carbocycles. The van der Waals surface area contributed by atoms with Crippen LogP contribution >= 0.6 is 0 Å². The fourth-order valence-electron chi connectivity index (χ4n) is 2.94. The Bertz CT molecular complexity index is 496. The highest BCUT2D eigenvalue weighted by atomic mass is 16.5. The first-order valence-electron chi connectivity index (χ1n) is 8.31. The molecule has 22 heavy (non-hydrogen) atoms. The van der Waals surface area contributed by atoms with Crippen molar-refractivity contribution in [1.82, 2.24) is 10.2 Å². The van der Waals surface area contributed by atoms with Crippen LogP contribution in [0.4, 0.5) is 0 Å². The second-order valence-electron chi connectivity index (χ2n) is 6.01. The third-order valence-corrected chi connectivity index (χ3v) is 4.45. The molecule has 1 fully saturated rings. The quantitative estimate of drug-likeness (QED) is 0.876. The highest BCUT2D eigenvalue weighted by molar-refractivity contribution is 5.78. The molecule has 1 aromatic rings. The predicted molar refractivity (Wildman–Crippen MR) is 89.3 cm³/mol. The molecule has 0 saturated carbocycles. The molecule has 1 saturated heterocycles. The molecule has 1 N–H and O–H groups in total. The number of benzene rings is 1. The standard InChI is InChI=1S/C18H28N2O2/c1-4-15-6-8-17(22-3)16(13-15)7-5-14(2)18(21)20-11-9-19-10-12-20/h6,8,13-14,19H,4-5,7,9-12H2,1-3H3. The Kier molecular flexibility index (Phi) is 6.25. The van der Waals surface area contributed by atoms with Gasteiger partial charge in [-0.2, -0.15) is 0 Å². The molecule has 1 aromatic carbocycles. The van der Waals surface area contributed by atoms with Gasteiger partial charge in [0.2, 0.25) is 5.91 Å². The maximum absolute atomic E-state index is 12.5. The van der Waals surface area contributed by atoms with Crippen LogP contribution in [0.2, 0.25) is 0 Å². The molecule has 0 radical (unpaired) electrons. The summed E-state index contributed by atoms with van der Waals surface area (Å²) in [5.74, 6) is 1.28. The first-order valence-corrected chi connectivity index (χ1v) is 8.31. The van der Waals surface area contributed by atoms with E-state index < -0.39 is 0 Å². The molecule has 1 unspecified atom stereocenters. The van der Waals surface area contributed by atoms with Crippen LogP contribution in [0.15, 0.2) is 18.2 Å². The molecule has 2 rings (SSSR count). The lowest BCUT2D eigenvalue weighted by atomic mass is 9.97. The molecule has 0 spiro atoms. The number of aryl methyl sites for hydroxylation is 2. The molecule has 1 amide bonds. The number of nitrogens with zero attached hydrogens (tertiary/aromatic N) is 1. The van der Waals surface area contributed by atoms with E-state index >= 15 is 0 Å². The Hall–Kier alpha value is -1.55. The maximum Gasteiger partial charge on any atom is 0.225 e. The molecule has 1 aliphatic rings. The van der Waals surface area contributed by atoms with Crippen LogP contribution in [-0.4, -0.2) is 44.1 Å². The summed E-state index contributed by atoms with van der Waals surface area (Å²) in [4.78, 5) is 14.5. The van der Waals surface area contributed by atoms with Crippen molar-refractivity contribution in [3.05, 3.63) is 29.3 Å². The summed E-state index contributed by atoms with van der Waals surface area (Å²) >= 11 is 0. The highest BCUT2D eigenvalue weighted by Gasteiger charge is 2.22. The van der Waals surface area contributed by atoms with Gasteiger partial charge in [-0.1, -0.05) is 26.0 Å². The van der Waals surface area contributed by atoms with Gasteiger partial charge in [0, 0.05) is 32.1 Å². The van der Waals surface area contributed by atoms with E-state index in [1.165, 1.54) is 11.1 Å². The maximum atomic E-state index is 12.5. The fourth-order valence-corrected chi connectivity index (χ4v) is 2.94. The number of piperazine rings is 1. The lowest BCUT2D eigenvalue weighted by molar-refractivity contribution is -0.135. The lowest BCUT2D eigenvalue weighted by Crippen LogP contribution is -2.48. The number of hydrogen-bond acceptors (Lipinski definition) is 3. The van der Waals surface area contributed by atoms with E-state index in [9.17, 15) is 4.79 Å². The van der Waals surface area contributed by atoms with Crippen molar-refractivity contribution in [1.29, 1.82) is 0 Å². The van der Waals surface area contributed by atoms with Crippen LogP contribution in [0.25, 0.3) is 0 Å². The zero-order chi connectivity index (χ0) is 15.9. The second kappa shape index (κ2) is 8.18. The molecular weight excluding hydrogens is 276 g/mol. The number of carbonyl (C=O) groups excluding carboxylic acids is 1. The number of ether oxygens (including phenoxy) is 1. The van der Waals surface area contributed by atoms with Crippen LogP contribution in [0.3, 0.4) is 0 Å². The van der Waals surface area contributed by atoms with Crippen molar-refractivity contribution < 1.29 is 9.53 Å². The van der Waals surface area contributed by atoms with Crippen molar-refractivity contribution in [3.63, 3.8) is 0 Å². The van der Waals surface area contributed by atoms with Crippen LogP contribution in [-0.2, 0) is 17.6 Å². The Labute approximate surface area is 133 Å². The van der Waals surface area contributed by atoms with Gasteiger partial charge in [0.05, 0.1) is 7.11 Å². The largest absolute Gasteiger partial charge is 0.496 e. The second-order valence-corrected chi connectivity index (χ2v) is 6.01. The summed E-state index contributed by atoms with van der Waals surface area (Å²) in [6, 6.07) is 6.36. The average Bonchev–Trinajstić information content (AvgIpc) is 2.59. The molecule has 1 heterocycles. The van der Waals surface area contributed by atoms with E-state index in [0.717, 1.165) is 51.2 Å². The molecular formula is C18H28N2O2. The van der Waals surface area contributed by atoms with Crippen molar-refractivity contribution in [3.8, 4) is 5.75 Å². The van der Waals surface area contributed by atoms with Crippen LogP contribution in [0, 0.1) is 5.92 Å². The Morgan fingerprint density at radius 1 is 1.36 bits per heavy atom. The van der Waals surface area contributed by atoms with Gasteiger partial charge in [-0.25, -0.2) is 0 Å². The fraction of sp³-hybridized carbons (Fsp3) is 0.611. The Morgan fingerprint density at radius 2 is 2.09 bits per heavy atom. The van der Waals surface area contributed by atoms with E-state index in [1.54, 1.807) is 7.11 Å².